The van der Waals surface area contributed by atoms with Crippen molar-refractivity contribution in [2.75, 3.05) is 32.7 Å². The minimum absolute atomic E-state index is 0.890. The first-order chi connectivity index (χ1) is 8.34. The summed E-state index contributed by atoms with van der Waals surface area (Å²) in [5, 5.41) is 3.64. The van der Waals surface area contributed by atoms with Gasteiger partial charge in [0.25, 0.3) is 0 Å². The lowest BCUT2D eigenvalue weighted by molar-refractivity contribution is 0.192. The Morgan fingerprint density at radius 2 is 2.00 bits per heavy atom. The zero-order chi connectivity index (χ0) is 11.9. The smallest absolute Gasteiger partial charge is 0.0107 e. The molecule has 0 amide bonds. The van der Waals surface area contributed by atoms with E-state index in [1.165, 1.54) is 64.8 Å². The molecule has 0 aromatic carbocycles. The highest BCUT2D eigenvalue weighted by molar-refractivity contribution is 4.90. The molecular weight excluding hydrogens is 208 g/mol. The number of hydrogen-bond acceptors (Lipinski definition) is 2. The van der Waals surface area contributed by atoms with Gasteiger partial charge in [0.05, 0.1) is 0 Å². The van der Waals surface area contributed by atoms with Crippen LogP contribution in [0.1, 0.15) is 39.0 Å². The quantitative estimate of drug-likeness (QED) is 0.583. The van der Waals surface area contributed by atoms with Crippen LogP contribution in [0.4, 0.5) is 0 Å². The Hall–Kier alpha value is -0.340. The Kier molecular flexibility index (Phi) is 5.53. The third kappa shape index (κ3) is 4.81. The maximum atomic E-state index is 3.64. The molecular formula is C15H28N2. The molecule has 1 N–H and O–H groups in total. The molecule has 1 heterocycles. The monoisotopic (exact) mass is 236 g/mol. The lowest BCUT2D eigenvalue weighted by atomic mass is 9.94. The Balaban J connectivity index is 1.50. The highest BCUT2D eigenvalue weighted by atomic mass is 15.1. The summed E-state index contributed by atoms with van der Waals surface area (Å²) in [4.78, 5) is 2.62. The minimum atomic E-state index is 0.890. The second-order valence-corrected chi connectivity index (χ2v) is 5.88. The first-order valence-corrected chi connectivity index (χ1v) is 7.42. The molecule has 2 rings (SSSR count). The topological polar surface area (TPSA) is 15.3 Å². The highest BCUT2D eigenvalue weighted by Gasteiger charge is 2.15. The lowest BCUT2D eigenvalue weighted by Crippen LogP contribution is -2.38. The van der Waals surface area contributed by atoms with E-state index in [1.807, 2.05) is 0 Å². The maximum Gasteiger partial charge on any atom is 0.0107 e. The van der Waals surface area contributed by atoms with Crippen LogP contribution in [0, 0.1) is 11.8 Å². The summed E-state index contributed by atoms with van der Waals surface area (Å²) < 4.78 is 0. The number of nitrogens with one attached hydrogen (secondary N) is 1. The van der Waals surface area contributed by atoms with Gasteiger partial charge in [0, 0.05) is 13.1 Å². The summed E-state index contributed by atoms with van der Waals surface area (Å²) in [6, 6.07) is 0. The summed E-state index contributed by atoms with van der Waals surface area (Å²) >= 11 is 0. The largest absolute Gasteiger partial charge is 0.315 e. The molecule has 2 heteroatoms. The zero-order valence-corrected chi connectivity index (χ0v) is 11.3. The van der Waals surface area contributed by atoms with Crippen molar-refractivity contribution in [3.8, 4) is 0 Å². The third-order valence-electron chi connectivity index (χ3n) is 4.29. The number of piperidine rings is 1. The van der Waals surface area contributed by atoms with E-state index < -0.39 is 0 Å². The van der Waals surface area contributed by atoms with Crippen LogP contribution in [0.5, 0.6) is 0 Å². The molecule has 0 bridgehead atoms. The molecule has 17 heavy (non-hydrogen) atoms. The van der Waals surface area contributed by atoms with Crippen LogP contribution in [0.3, 0.4) is 0 Å². The van der Waals surface area contributed by atoms with Crippen LogP contribution < -0.4 is 5.32 Å². The number of likely N-dealkylation sites (tertiary alicyclic amines) is 1. The van der Waals surface area contributed by atoms with E-state index in [9.17, 15) is 0 Å². The second-order valence-electron chi connectivity index (χ2n) is 5.88. The predicted octanol–water partition coefficient (Wildman–Crippen LogP) is 2.66. The molecule has 1 unspecified atom stereocenters. The molecule has 2 nitrogen and oxygen atoms in total. The first-order valence-electron chi connectivity index (χ1n) is 7.42. The summed E-state index contributed by atoms with van der Waals surface area (Å²) in [5.41, 5.74) is 0. The number of allylic oxidation sites excluding steroid dienone is 2. The molecule has 1 saturated heterocycles. The van der Waals surface area contributed by atoms with Crippen molar-refractivity contribution in [2.45, 2.75) is 39.0 Å². The van der Waals surface area contributed by atoms with Gasteiger partial charge in [0.15, 0.2) is 0 Å². The van der Waals surface area contributed by atoms with Gasteiger partial charge in [-0.1, -0.05) is 19.1 Å². The fraction of sp³-hybridized carbons (Fsp3) is 0.867. The van der Waals surface area contributed by atoms with E-state index in [0.717, 1.165) is 11.8 Å². The molecule has 2 aliphatic rings. The van der Waals surface area contributed by atoms with Crippen molar-refractivity contribution in [3.05, 3.63) is 12.2 Å². The van der Waals surface area contributed by atoms with Crippen molar-refractivity contribution in [1.29, 1.82) is 0 Å². The van der Waals surface area contributed by atoms with E-state index in [4.69, 9.17) is 0 Å². The molecule has 1 aliphatic carbocycles. The van der Waals surface area contributed by atoms with Crippen LogP contribution in [0.15, 0.2) is 12.2 Å². The number of nitrogens with zero attached hydrogens (tertiary/aromatic N) is 1. The van der Waals surface area contributed by atoms with E-state index in [1.54, 1.807) is 0 Å². The van der Waals surface area contributed by atoms with Crippen LogP contribution >= 0.6 is 0 Å². The molecule has 0 radical (unpaired) electrons. The SMILES string of the molecule is CC1CCN(CCNCC2CC=CCC2)CC1. The summed E-state index contributed by atoms with van der Waals surface area (Å²) in [6.07, 6.45) is 11.4. The van der Waals surface area contributed by atoms with Gasteiger partial charge in [-0.3, -0.25) is 0 Å². The summed E-state index contributed by atoms with van der Waals surface area (Å²) in [5.74, 6) is 1.84. The lowest BCUT2D eigenvalue weighted by Gasteiger charge is -2.30. The summed E-state index contributed by atoms with van der Waals surface area (Å²) in [7, 11) is 0. The maximum absolute atomic E-state index is 3.64. The Morgan fingerprint density at radius 3 is 2.71 bits per heavy atom. The van der Waals surface area contributed by atoms with Crippen molar-refractivity contribution in [1.82, 2.24) is 10.2 Å². The molecule has 0 spiro atoms. The number of rotatable bonds is 5. The average molecular weight is 236 g/mol. The average Bonchev–Trinajstić information content (AvgIpc) is 2.38. The van der Waals surface area contributed by atoms with Gasteiger partial charge in [-0.2, -0.15) is 0 Å². The fourth-order valence-electron chi connectivity index (χ4n) is 2.87. The van der Waals surface area contributed by atoms with Crippen molar-refractivity contribution >= 4 is 0 Å². The first kappa shape index (κ1) is 13.1. The molecule has 98 valence electrons. The van der Waals surface area contributed by atoms with E-state index in [-0.39, 0.29) is 0 Å². The van der Waals surface area contributed by atoms with Crippen LogP contribution in [-0.2, 0) is 0 Å². The van der Waals surface area contributed by atoms with Crippen molar-refractivity contribution in [3.63, 3.8) is 0 Å². The van der Waals surface area contributed by atoms with Gasteiger partial charge >= 0.3 is 0 Å². The molecule has 1 atom stereocenters. The van der Waals surface area contributed by atoms with Gasteiger partial charge in [-0.15, -0.1) is 0 Å². The van der Waals surface area contributed by atoms with E-state index in [2.05, 4.69) is 29.3 Å². The van der Waals surface area contributed by atoms with E-state index >= 15 is 0 Å². The third-order valence-corrected chi connectivity index (χ3v) is 4.29. The molecule has 1 aliphatic heterocycles. The zero-order valence-electron chi connectivity index (χ0n) is 11.3. The Bertz CT molecular complexity index is 229. The van der Waals surface area contributed by atoms with Crippen LogP contribution in [0.2, 0.25) is 0 Å². The van der Waals surface area contributed by atoms with Crippen molar-refractivity contribution < 1.29 is 0 Å². The van der Waals surface area contributed by atoms with Crippen molar-refractivity contribution in [2.24, 2.45) is 11.8 Å². The minimum Gasteiger partial charge on any atom is -0.315 e. The fourth-order valence-corrected chi connectivity index (χ4v) is 2.87. The second kappa shape index (κ2) is 7.17. The van der Waals surface area contributed by atoms with Gasteiger partial charge in [0.2, 0.25) is 0 Å². The number of hydrogen-bond donors (Lipinski definition) is 1. The van der Waals surface area contributed by atoms with Gasteiger partial charge in [0.1, 0.15) is 0 Å². The Labute approximate surface area is 106 Å². The van der Waals surface area contributed by atoms with E-state index in [0.29, 0.717) is 0 Å². The van der Waals surface area contributed by atoms with Crippen LogP contribution in [-0.4, -0.2) is 37.6 Å². The van der Waals surface area contributed by atoms with Gasteiger partial charge in [-0.25, -0.2) is 0 Å². The Morgan fingerprint density at radius 1 is 1.18 bits per heavy atom. The normalized spacial score (nSPS) is 27.5. The van der Waals surface area contributed by atoms with Gasteiger partial charge < -0.3 is 10.2 Å². The highest BCUT2D eigenvalue weighted by Crippen LogP contribution is 2.17. The van der Waals surface area contributed by atoms with Gasteiger partial charge in [-0.05, 0) is 63.6 Å². The molecule has 0 aromatic rings. The molecule has 1 fully saturated rings. The standard InChI is InChI=1S/C15H28N2/c1-14-7-10-17(11-8-14)12-9-16-13-15-5-3-2-4-6-15/h2-3,14-16H,4-13H2,1H3. The van der Waals surface area contributed by atoms with Crippen LogP contribution in [0.25, 0.3) is 0 Å². The summed E-state index contributed by atoms with van der Waals surface area (Å²) in [6.45, 7) is 8.65. The molecule has 0 saturated carbocycles. The predicted molar refractivity (Wildman–Crippen MR) is 74.2 cm³/mol. The molecule has 0 aromatic heterocycles.